The second-order valence-electron chi connectivity index (χ2n) is 7.57. The Balaban J connectivity index is 1.57. The quantitative estimate of drug-likeness (QED) is 0.518. The largest absolute Gasteiger partial charge is 0.460 e. The number of aromatic nitrogens is 1. The zero-order valence-corrected chi connectivity index (χ0v) is 17.3. The van der Waals surface area contributed by atoms with Crippen LogP contribution in [0.2, 0.25) is 0 Å². The van der Waals surface area contributed by atoms with Crippen LogP contribution in [0.3, 0.4) is 0 Å². The van der Waals surface area contributed by atoms with E-state index in [-0.39, 0.29) is 17.0 Å². The van der Waals surface area contributed by atoms with E-state index in [4.69, 9.17) is 4.42 Å². The van der Waals surface area contributed by atoms with E-state index in [0.29, 0.717) is 22.4 Å². The molecular weight excluding hydrogens is 411 g/mol. The van der Waals surface area contributed by atoms with Gasteiger partial charge in [-0.3, -0.25) is 9.59 Å². The lowest BCUT2D eigenvalue weighted by atomic mass is 10.00. The molecule has 2 aromatic carbocycles. The van der Waals surface area contributed by atoms with Gasteiger partial charge in [-0.15, -0.1) is 0 Å². The maximum absolute atomic E-state index is 14.7. The number of rotatable bonds is 3. The molecule has 2 amide bonds. The number of nitrogens with one attached hydrogen (secondary N) is 2. The zero-order valence-electron chi connectivity index (χ0n) is 17.3. The molecule has 1 aliphatic rings. The number of hydrogen-bond donors (Lipinski definition) is 2. The lowest BCUT2D eigenvalue weighted by molar-refractivity contribution is -0.119. The number of aryl methyl sites for hydroxylation is 1. The van der Waals surface area contributed by atoms with E-state index in [1.807, 2.05) is 6.92 Å². The van der Waals surface area contributed by atoms with E-state index in [2.05, 4.69) is 15.3 Å². The van der Waals surface area contributed by atoms with Crippen LogP contribution in [0.25, 0.3) is 11.1 Å². The Kier molecular flexibility index (Phi) is 4.62. The number of H-pyrrole nitrogens is 1. The first-order valence-corrected chi connectivity index (χ1v) is 10.0. The van der Waals surface area contributed by atoms with Crippen LogP contribution in [-0.4, -0.2) is 35.7 Å². The normalized spacial score (nSPS) is 16.0. The van der Waals surface area contributed by atoms with Gasteiger partial charge >= 0.3 is 0 Å². The van der Waals surface area contributed by atoms with Crippen molar-refractivity contribution in [2.75, 3.05) is 11.9 Å². The molecule has 2 aromatic heterocycles. The number of aromatic amines is 1. The summed E-state index contributed by atoms with van der Waals surface area (Å²) in [6, 6.07) is 16.7. The highest BCUT2D eigenvalue weighted by Gasteiger charge is 2.32. The van der Waals surface area contributed by atoms with Crippen molar-refractivity contribution in [3.63, 3.8) is 0 Å². The summed E-state index contributed by atoms with van der Waals surface area (Å²) < 4.78 is 20.2. The Morgan fingerprint density at radius 2 is 1.84 bits per heavy atom. The standard InChI is InChI=1S/C24H19FN4O3/c1-13-11-17-20(32-13)12-18(26-17)23(30)28-22-24(31)29(2)19-10-6-4-8-15(19)21(27-22)14-7-3-5-9-16(14)25/h3-12,22,26H,1-2H3,(H,28,30). The van der Waals surface area contributed by atoms with Gasteiger partial charge in [0.25, 0.3) is 11.8 Å². The predicted octanol–water partition coefficient (Wildman–Crippen LogP) is 3.78. The number of halogens is 1. The minimum atomic E-state index is -1.24. The lowest BCUT2D eigenvalue weighted by Crippen LogP contribution is -2.46. The molecular formula is C24H19FN4O3. The monoisotopic (exact) mass is 430 g/mol. The number of fused-ring (bicyclic) bond motifs is 2. The third kappa shape index (κ3) is 3.26. The van der Waals surface area contributed by atoms with Gasteiger partial charge in [0.2, 0.25) is 6.17 Å². The van der Waals surface area contributed by atoms with Crippen molar-refractivity contribution < 1.29 is 18.4 Å². The van der Waals surface area contributed by atoms with Gasteiger partial charge in [-0.05, 0) is 25.1 Å². The smallest absolute Gasteiger partial charge is 0.272 e. The van der Waals surface area contributed by atoms with E-state index >= 15 is 0 Å². The molecule has 0 saturated carbocycles. The van der Waals surface area contributed by atoms with E-state index in [1.54, 1.807) is 61.6 Å². The highest BCUT2D eigenvalue weighted by molar-refractivity contribution is 6.20. The molecule has 3 heterocycles. The van der Waals surface area contributed by atoms with Crippen molar-refractivity contribution in [2.24, 2.45) is 4.99 Å². The number of aliphatic imine (C=N–C) groups is 1. The summed E-state index contributed by atoms with van der Waals surface area (Å²) in [6.45, 7) is 1.81. The molecule has 160 valence electrons. The predicted molar refractivity (Wildman–Crippen MR) is 118 cm³/mol. The fourth-order valence-electron chi connectivity index (χ4n) is 3.86. The number of furan rings is 1. The van der Waals surface area contributed by atoms with Crippen LogP contribution in [0, 0.1) is 12.7 Å². The maximum atomic E-state index is 14.7. The van der Waals surface area contributed by atoms with Crippen molar-refractivity contribution in [1.29, 1.82) is 0 Å². The topological polar surface area (TPSA) is 90.7 Å². The number of amides is 2. The number of anilines is 1. The van der Waals surface area contributed by atoms with Gasteiger partial charge in [0.05, 0.1) is 16.9 Å². The summed E-state index contributed by atoms with van der Waals surface area (Å²) in [5.41, 5.74) is 3.16. The zero-order chi connectivity index (χ0) is 22.4. The molecule has 0 aliphatic carbocycles. The Hall–Kier alpha value is -4.20. The molecule has 7 nitrogen and oxygen atoms in total. The molecule has 0 saturated heterocycles. The highest BCUT2D eigenvalue weighted by atomic mass is 19.1. The third-order valence-corrected chi connectivity index (χ3v) is 5.41. The fourth-order valence-corrected chi connectivity index (χ4v) is 3.86. The van der Waals surface area contributed by atoms with Gasteiger partial charge in [-0.1, -0.05) is 30.3 Å². The van der Waals surface area contributed by atoms with Gasteiger partial charge in [-0.25, -0.2) is 9.38 Å². The van der Waals surface area contributed by atoms with Crippen molar-refractivity contribution >= 4 is 34.3 Å². The van der Waals surface area contributed by atoms with Crippen LogP contribution in [0.5, 0.6) is 0 Å². The summed E-state index contributed by atoms with van der Waals surface area (Å²) >= 11 is 0. The van der Waals surface area contributed by atoms with Crippen LogP contribution in [0.15, 0.2) is 70.1 Å². The van der Waals surface area contributed by atoms with E-state index in [0.717, 1.165) is 5.76 Å². The average molecular weight is 430 g/mol. The lowest BCUT2D eigenvalue weighted by Gasteiger charge is -2.20. The molecule has 1 unspecified atom stereocenters. The summed E-state index contributed by atoms with van der Waals surface area (Å²) in [6.07, 6.45) is -1.24. The van der Waals surface area contributed by atoms with Crippen molar-refractivity contribution in [3.05, 3.63) is 89.1 Å². The van der Waals surface area contributed by atoms with Gasteiger partial charge in [0.15, 0.2) is 5.58 Å². The van der Waals surface area contributed by atoms with Crippen molar-refractivity contribution in [3.8, 4) is 0 Å². The average Bonchev–Trinajstić information content (AvgIpc) is 3.31. The van der Waals surface area contributed by atoms with Crippen LogP contribution in [-0.2, 0) is 4.79 Å². The molecule has 0 bridgehead atoms. The van der Waals surface area contributed by atoms with Crippen LogP contribution in [0.4, 0.5) is 10.1 Å². The van der Waals surface area contributed by atoms with E-state index in [9.17, 15) is 14.0 Å². The van der Waals surface area contributed by atoms with Crippen LogP contribution in [0.1, 0.15) is 27.4 Å². The van der Waals surface area contributed by atoms with Gasteiger partial charge < -0.3 is 19.6 Å². The van der Waals surface area contributed by atoms with Crippen molar-refractivity contribution in [2.45, 2.75) is 13.1 Å². The summed E-state index contributed by atoms with van der Waals surface area (Å²) in [7, 11) is 1.60. The van der Waals surface area contributed by atoms with Crippen molar-refractivity contribution in [1.82, 2.24) is 10.3 Å². The number of nitrogens with zero attached hydrogens (tertiary/aromatic N) is 2. The molecule has 0 radical (unpaired) electrons. The first-order valence-electron chi connectivity index (χ1n) is 10.0. The highest BCUT2D eigenvalue weighted by Crippen LogP contribution is 2.28. The van der Waals surface area contributed by atoms with Crippen LogP contribution < -0.4 is 10.2 Å². The summed E-state index contributed by atoms with van der Waals surface area (Å²) in [4.78, 5) is 35.0. The molecule has 8 heteroatoms. The fraction of sp³-hybridized carbons (Fsp3) is 0.125. The van der Waals surface area contributed by atoms with Gasteiger partial charge in [0.1, 0.15) is 17.3 Å². The molecule has 0 spiro atoms. The molecule has 4 aromatic rings. The van der Waals surface area contributed by atoms with E-state index in [1.165, 1.54) is 11.0 Å². The number of benzodiazepines with no additional fused rings is 1. The number of carbonyl (C=O) groups excluding carboxylic acids is 2. The second kappa shape index (κ2) is 7.49. The molecule has 1 aliphatic heterocycles. The first-order chi connectivity index (χ1) is 15.4. The maximum Gasteiger partial charge on any atom is 0.272 e. The Bertz CT molecular complexity index is 1370. The molecule has 0 fully saturated rings. The minimum Gasteiger partial charge on any atom is -0.460 e. The van der Waals surface area contributed by atoms with E-state index < -0.39 is 23.8 Å². The van der Waals surface area contributed by atoms with Crippen LogP contribution >= 0.6 is 0 Å². The van der Waals surface area contributed by atoms with Gasteiger partial charge in [-0.2, -0.15) is 0 Å². The number of likely N-dealkylation sites (N-methyl/N-ethyl adjacent to an activating group) is 1. The summed E-state index contributed by atoms with van der Waals surface area (Å²) in [5, 5.41) is 2.66. The number of benzene rings is 2. The number of carbonyl (C=O) groups is 2. The number of para-hydroxylation sites is 1. The molecule has 5 rings (SSSR count). The first kappa shape index (κ1) is 19.7. The number of hydrogen-bond acceptors (Lipinski definition) is 4. The Labute approximate surface area is 182 Å². The van der Waals surface area contributed by atoms with Gasteiger partial charge in [0, 0.05) is 30.3 Å². The molecule has 32 heavy (non-hydrogen) atoms. The molecule has 1 atom stereocenters. The molecule has 2 N–H and O–H groups in total. The SMILES string of the molecule is Cc1cc2[nH]c(C(=O)NC3N=C(c4ccccc4F)c4ccccc4N(C)C3=O)cc2o1. The third-order valence-electron chi connectivity index (χ3n) is 5.41. The Morgan fingerprint density at radius 1 is 1.12 bits per heavy atom. The summed E-state index contributed by atoms with van der Waals surface area (Å²) in [5.74, 6) is -0.717. The second-order valence-corrected chi connectivity index (χ2v) is 7.57. The Morgan fingerprint density at radius 3 is 2.59 bits per heavy atom. The minimum absolute atomic E-state index is 0.235.